The predicted octanol–water partition coefficient (Wildman–Crippen LogP) is 4.45. The van der Waals surface area contributed by atoms with E-state index < -0.39 is 23.2 Å². The van der Waals surface area contributed by atoms with Gasteiger partial charge in [0.1, 0.15) is 17.0 Å². The van der Waals surface area contributed by atoms with Gasteiger partial charge in [0, 0.05) is 18.7 Å². The Morgan fingerprint density at radius 1 is 1.25 bits per heavy atom. The Labute approximate surface area is 162 Å². The van der Waals surface area contributed by atoms with Crippen molar-refractivity contribution in [2.24, 2.45) is 0 Å². The third kappa shape index (κ3) is 3.67. The standard InChI is InChI=1S/C18H20F4N2O3S/c1-10-13(23-27-14(10)18(20,21)22)11-4-5-12(28-11)15(25)24-8-6-17(26,7-9-24)16(2,3)19/h4-5,26H,6-9H2,1-3H3. The average molecular weight is 420 g/mol. The van der Waals surface area contributed by atoms with Gasteiger partial charge in [-0.15, -0.1) is 11.3 Å². The van der Waals surface area contributed by atoms with E-state index in [2.05, 4.69) is 9.68 Å². The maximum atomic E-state index is 14.2. The van der Waals surface area contributed by atoms with Gasteiger partial charge in [-0.25, -0.2) is 4.39 Å². The number of aromatic nitrogens is 1. The minimum absolute atomic E-state index is 0.0450. The van der Waals surface area contributed by atoms with E-state index in [9.17, 15) is 27.5 Å². The van der Waals surface area contributed by atoms with Crippen molar-refractivity contribution in [3.8, 4) is 10.6 Å². The number of carbonyl (C=O) groups excluding carboxylic acids is 1. The Morgan fingerprint density at radius 2 is 1.86 bits per heavy atom. The number of carbonyl (C=O) groups is 1. The van der Waals surface area contributed by atoms with E-state index in [1.165, 1.54) is 37.8 Å². The fourth-order valence-corrected chi connectivity index (χ4v) is 4.25. The van der Waals surface area contributed by atoms with Gasteiger partial charge in [0.2, 0.25) is 5.76 Å². The van der Waals surface area contributed by atoms with Crippen LogP contribution in [0.4, 0.5) is 17.6 Å². The van der Waals surface area contributed by atoms with E-state index in [0.717, 1.165) is 11.3 Å². The first-order valence-electron chi connectivity index (χ1n) is 8.68. The highest BCUT2D eigenvalue weighted by Crippen LogP contribution is 2.39. The summed E-state index contributed by atoms with van der Waals surface area (Å²) in [6.45, 7) is 4.27. The summed E-state index contributed by atoms with van der Waals surface area (Å²) in [4.78, 5) is 14.9. The number of hydrogen-bond donors (Lipinski definition) is 1. The molecule has 0 radical (unpaired) electrons. The predicted molar refractivity (Wildman–Crippen MR) is 94.8 cm³/mol. The summed E-state index contributed by atoms with van der Waals surface area (Å²) in [6.07, 6.45) is -4.42. The van der Waals surface area contributed by atoms with E-state index in [4.69, 9.17) is 0 Å². The second-order valence-electron chi connectivity index (χ2n) is 7.44. The summed E-state index contributed by atoms with van der Waals surface area (Å²) in [5.74, 6) is -1.47. The van der Waals surface area contributed by atoms with Gasteiger partial charge < -0.3 is 14.5 Å². The van der Waals surface area contributed by atoms with E-state index in [1.807, 2.05) is 0 Å². The molecule has 0 aromatic carbocycles. The first-order valence-corrected chi connectivity index (χ1v) is 9.49. The molecule has 0 bridgehead atoms. The summed E-state index contributed by atoms with van der Waals surface area (Å²) in [5.41, 5.74) is -3.36. The lowest BCUT2D eigenvalue weighted by atomic mass is 9.79. The van der Waals surface area contributed by atoms with Gasteiger partial charge in [0.15, 0.2) is 0 Å². The first-order chi connectivity index (χ1) is 12.8. The minimum atomic E-state index is -4.64. The SMILES string of the molecule is Cc1c(-c2ccc(C(=O)N3CCC(O)(C(C)(C)F)CC3)s2)noc1C(F)(F)F. The summed E-state index contributed by atoms with van der Waals surface area (Å²) in [5, 5.41) is 13.9. The molecular weight excluding hydrogens is 400 g/mol. The molecule has 1 saturated heterocycles. The van der Waals surface area contributed by atoms with Crippen LogP contribution >= 0.6 is 11.3 Å². The molecule has 3 heterocycles. The Bertz CT molecular complexity index is 874. The van der Waals surface area contributed by atoms with Crippen molar-refractivity contribution in [3.63, 3.8) is 0 Å². The molecule has 1 aliphatic rings. The molecule has 1 amide bonds. The van der Waals surface area contributed by atoms with Crippen LogP contribution < -0.4 is 0 Å². The van der Waals surface area contributed by atoms with Gasteiger partial charge in [-0.3, -0.25) is 4.79 Å². The highest BCUT2D eigenvalue weighted by molar-refractivity contribution is 7.17. The molecule has 5 nitrogen and oxygen atoms in total. The molecular formula is C18H20F4N2O3S. The highest BCUT2D eigenvalue weighted by atomic mass is 32.1. The van der Waals surface area contributed by atoms with E-state index in [0.29, 0.717) is 9.75 Å². The summed E-state index contributed by atoms with van der Waals surface area (Å²) in [6, 6.07) is 3.04. The molecule has 3 rings (SSSR count). The largest absolute Gasteiger partial charge is 0.452 e. The van der Waals surface area contributed by atoms with E-state index in [1.54, 1.807) is 0 Å². The van der Waals surface area contributed by atoms with Gasteiger partial charge in [0.05, 0.1) is 9.75 Å². The van der Waals surface area contributed by atoms with Crippen molar-refractivity contribution < 1.29 is 32.0 Å². The quantitative estimate of drug-likeness (QED) is 0.746. The number of hydrogen-bond acceptors (Lipinski definition) is 5. The van der Waals surface area contributed by atoms with Gasteiger partial charge in [-0.05, 0) is 45.7 Å². The van der Waals surface area contributed by atoms with Gasteiger partial charge in [-0.1, -0.05) is 5.16 Å². The molecule has 0 aliphatic carbocycles. The molecule has 28 heavy (non-hydrogen) atoms. The van der Waals surface area contributed by atoms with Crippen LogP contribution in [0.2, 0.25) is 0 Å². The molecule has 1 N–H and O–H groups in total. The minimum Gasteiger partial charge on any atom is -0.386 e. The van der Waals surface area contributed by atoms with Crippen LogP contribution in [0.5, 0.6) is 0 Å². The van der Waals surface area contributed by atoms with Crippen LogP contribution in [0.3, 0.4) is 0 Å². The number of rotatable bonds is 3. The molecule has 0 atom stereocenters. The number of piperidine rings is 1. The fraction of sp³-hybridized carbons (Fsp3) is 0.556. The number of alkyl halides is 4. The molecule has 0 spiro atoms. The summed E-state index contributed by atoms with van der Waals surface area (Å²) < 4.78 is 57.2. The molecule has 10 heteroatoms. The smallest absolute Gasteiger partial charge is 0.386 e. The van der Waals surface area contributed by atoms with E-state index in [-0.39, 0.29) is 43.1 Å². The second-order valence-corrected chi connectivity index (χ2v) is 8.53. The number of halogens is 4. The number of likely N-dealkylation sites (tertiary alicyclic amines) is 1. The maximum Gasteiger partial charge on any atom is 0.452 e. The van der Waals surface area contributed by atoms with Crippen LogP contribution in [0.25, 0.3) is 10.6 Å². The summed E-state index contributed by atoms with van der Waals surface area (Å²) in [7, 11) is 0. The molecule has 154 valence electrons. The first kappa shape index (κ1) is 20.8. The average Bonchev–Trinajstić information content (AvgIpc) is 3.20. The third-order valence-corrected chi connectivity index (χ3v) is 6.30. The third-order valence-electron chi connectivity index (χ3n) is 5.22. The van der Waals surface area contributed by atoms with Crippen molar-refractivity contribution in [1.29, 1.82) is 0 Å². The van der Waals surface area contributed by atoms with Crippen molar-refractivity contribution in [3.05, 3.63) is 28.3 Å². The lowest BCUT2D eigenvalue weighted by molar-refractivity contribution is -0.156. The van der Waals surface area contributed by atoms with Crippen LogP contribution in [0, 0.1) is 6.92 Å². The zero-order valence-electron chi connectivity index (χ0n) is 15.6. The number of amides is 1. The van der Waals surface area contributed by atoms with Crippen molar-refractivity contribution in [2.45, 2.75) is 51.1 Å². The topological polar surface area (TPSA) is 66.6 Å². The Morgan fingerprint density at radius 3 is 2.36 bits per heavy atom. The molecule has 2 aromatic rings. The van der Waals surface area contributed by atoms with Crippen molar-refractivity contribution in [1.82, 2.24) is 10.1 Å². The van der Waals surface area contributed by atoms with Crippen molar-refractivity contribution >= 4 is 17.2 Å². The van der Waals surface area contributed by atoms with Crippen LogP contribution in [-0.4, -0.2) is 45.4 Å². The second kappa shape index (κ2) is 6.84. The molecule has 2 aromatic heterocycles. The van der Waals surface area contributed by atoms with Crippen LogP contribution in [0.1, 0.15) is 47.7 Å². The van der Waals surface area contributed by atoms with Gasteiger partial charge >= 0.3 is 6.18 Å². The Hall–Kier alpha value is -1.94. The van der Waals surface area contributed by atoms with Gasteiger partial charge in [0.25, 0.3) is 5.91 Å². The number of aliphatic hydroxyl groups is 1. The Kier molecular flexibility index (Phi) is 5.08. The van der Waals surface area contributed by atoms with Crippen molar-refractivity contribution in [2.75, 3.05) is 13.1 Å². The Balaban J connectivity index is 1.75. The molecule has 1 aliphatic heterocycles. The van der Waals surface area contributed by atoms with Crippen LogP contribution in [-0.2, 0) is 6.18 Å². The maximum absolute atomic E-state index is 14.2. The zero-order chi connectivity index (χ0) is 20.9. The fourth-order valence-electron chi connectivity index (χ4n) is 3.24. The lowest BCUT2D eigenvalue weighted by Gasteiger charge is -2.43. The number of thiophene rings is 1. The van der Waals surface area contributed by atoms with Crippen LogP contribution in [0.15, 0.2) is 16.7 Å². The highest BCUT2D eigenvalue weighted by Gasteiger charge is 2.46. The lowest BCUT2D eigenvalue weighted by Crippen LogP contribution is -2.55. The van der Waals surface area contributed by atoms with E-state index >= 15 is 0 Å². The monoisotopic (exact) mass is 420 g/mol. The normalized spacial score (nSPS) is 17.8. The molecule has 0 unspecified atom stereocenters. The molecule has 1 fully saturated rings. The number of nitrogens with zero attached hydrogens (tertiary/aromatic N) is 2. The zero-order valence-corrected chi connectivity index (χ0v) is 16.4. The summed E-state index contributed by atoms with van der Waals surface area (Å²) >= 11 is 1.01. The molecule has 0 saturated carbocycles. The van der Waals surface area contributed by atoms with Gasteiger partial charge in [-0.2, -0.15) is 13.2 Å².